The van der Waals surface area contributed by atoms with Gasteiger partial charge in [0.1, 0.15) is 11.3 Å². The van der Waals surface area contributed by atoms with Crippen LogP contribution in [0.3, 0.4) is 0 Å². The maximum Gasteiger partial charge on any atom is 0.315 e. The first-order valence-corrected chi connectivity index (χ1v) is 8.24. The Balaban J connectivity index is 1.63. The predicted octanol–water partition coefficient (Wildman–Crippen LogP) is 2.72. The van der Waals surface area contributed by atoms with Crippen LogP contribution in [0.25, 0.3) is 11.0 Å². The highest BCUT2D eigenvalue weighted by molar-refractivity contribution is 5.82. The van der Waals surface area contributed by atoms with Crippen LogP contribution in [0.1, 0.15) is 37.1 Å². The number of rotatable bonds is 3. The molecule has 1 aliphatic heterocycles. The molecule has 2 aromatic rings. The summed E-state index contributed by atoms with van der Waals surface area (Å²) in [5.41, 5.74) is 1.87. The van der Waals surface area contributed by atoms with Crippen molar-refractivity contribution in [3.8, 4) is 0 Å². The van der Waals surface area contributed by atoms with Crippen molar-refractivity contribution >= 4 is 22.9 Å². The molecule has 0 radical (unpaired) electrons. The van der Waals surface area contributed by atoms with Gasteiger partial charge in [-0.3, -0.25) is 4.79 Å². The third-order valence-corrected chi connectivity index (χ3v) is 4.58. The van der Waals surface area contributed by atoms with Crippen molar-refractivity contribution in [2.75, 3.05) is 13.6 Å². The number of carbonyl (C=O) groups is 2. The van der Waals surface area contributed by atoms with E-state index in [1.165, 1.54) is 0 Å². The minimum atomic E-state index is -0.241. The number of hydrogen-bond donors (Lipinski definition) is 2. The molecule has 1 aromatic heterocycles. The number of likely N-dealkylation sites (N-methyl/N-ethyl adjacent to an activating group) is 1. The van der Waals surface area contributed by atoms with Crippen molar-refractivity contribution in [3.05, 3.63) is 35.6 Å². The van der Waals surface area contributed by atoms with Crippen LogP contribution in [0.4, 0.5) is 4.79 Å². The third kappa shape index (κ3) is 3.22. The largest absolute Gasteiger partial charge is 0.459 e. The zero-order chi connectivity index (χ0) is 17.3. The van der Waals surface area contributed by atoms with Gasteiger partial charge in [-0.15, -0.1) is 0 Å². The molecule has 1 fully saturated rings. The lowest BCUT2D eigenvalue weighted by atomic mass is 10.1. The Hall–Kier alpha value is -2.50. The highest BCUT2D eigenvalue weighted by Crippen LogP contribution is 2.29. The molecule has 3 rings (SSSR count). The van der Waals surface area contributed by atoms with Gasteiger partial charge in [0.25, 0.3) is 0 Å². The molecule has 1 unspecified atom stereocenters. The fourth-order valence-corrected chi connectivity index (χ4v) is 3.23. The molecule has 2 heterocycles. The summed E-state index contributed by atoms with van der Waals surface area (Å²) in [5.74, 6) is 0.891. The maximum absolute atomic E-state index is 12.2. The molecule has 1 aromatic carbocycles. The Morgan fingerprint density at radius 3 is 2.83 bits per heavy atom. The fraction of sp³-hybridized carbons (Fsp3) is 0.444. The molecular formula is C18H23N3O3. The highest BCUT2D eigenvalue weighted by atomic mass is 16.3. The van der Waals surface area contributed by atoms with Crippen molar-refractivity contribution in [1.29, 1.82) is 0 Å². The monoisotopic (exact) mass is 329 g/mol. The van der Waals surface area contributed by atoms with E-state index in [1.807, 2.05) is 38.1 Å². The molecule has 2 N–H and O–H groups in total. The first kappa shape index (κ1) is 16.4. The lowest BCUT2D eigenvalue weighted by molar-refractivity contribution is -0.132. The predicted molar refractivity (Wildman–Crippen MR) is 91.7 cm³/mol. The van der Waals surface area contributed by atoms with E-state index in [1.54, 1.807) is 11.9 Å². The normalized spacial score (nSPS) is 19.4. The first-order chi connectivity index (χ1) is 11.5. The molecule has 1 aliphatic rings. The highest BCUT2D eigenvalue weighted by Gasteiger charge is 2.25. The van der Waals surface area contributed by atoms with Crippen molar-refractivity contribution in [2.45, 2.75) is 38.8 Å². The van der Waals surface area contributed by atoms with Gasteiger partial charge in [0.05, 0.1) is 6.04 Å². The number of nitrogens with one attached hydrogen (secondary N) is 2. The zero-order valence-electron chi connectivity index (χ0n) is 14.3. The SMILES string of the molecule is Cc1c([C@@H](C)NC(=O)NC2CCC(=O)N(C)C2)oc2ccccc12. The molecule has 0 aliphatic carbocycles. The van der Waals surface area contributed by atoms with Crippen molar-refractivity contribution < 1.29 is 14.0 Å². The van der Waals surface area contributed by atoms with Gasteiger partial charge in [0, 0.05) is 37.0 Å². The number of aryl methyl sites for hydroxylation is 1. The first-order valence-electron chi connectivity index (χ1n) is 8.24. The third-order valence-electron chi connectivity index (χ3n) is 4.58. The van der Waals surface area contributed by atoms with Crippen LogP contribution in [-0.2, 0) is 4.79 Å². The van der Waals surface area contributed by atoms with Crippen molar-refractivity contribution in [2.24, 2.45) is 0 Å². The van der Waals surface area contributed by atoms with Gasteiger partial charge in [0.2, 0.25) is 5.91 Å². The van der Waals surface area contributed by atoms with E-state index >= 15 is 0 Å². The number of nitrogens with zero attached hydrogens (tertiary/aromatic N) is 1. The summed E-state index contributed by atoms with van der Waals surface area (Å²) < 4.78 is 5.89. The summed E-state index contributed by atoms with van der Waals surface area (Å²) in [5, 5.41) is 6.93. The molecule has 3 amide bonds. The second kappa shape index (κ2) is 6.55. The molecule has 6 heteroatoms. The summed E-state index contributed by atoms with van der Waals surface area (Å²) in [7, 11) is 1.76. The molecule has 2 atom stereocenters. The summed E-state index contributed by atoms with van der Waals surface area (Å²) in [4.78, 5) is 25.4. The van der Waals surface area contributed by atoms with Crippen LogP contribution in [0.15, 0.2) is 28.7 Å². The molecule has 24 heavy (non-hydrogen) atoms. The van der Waals surface area contributed by atoms with Gasteiger partial charge in [-0.2, -0.15) is 0 Å². The van der Waals surface area contributed by atoms with Gasteiger partial charge in [0.15, 0.2) is 0 Å². The van der Waals surface area contributed by atoms with Crippen LogP contribution in [-0.4, -0.2) is 36.5 Å². The van der Waals surface area contributed by atoms with E-state index in [9.17, 15) is 9.59 Å². The van der Waals surface area contributed by atoms with E-state index in [0.29, 0.717) is 19.4 Å². The van der Waals surface area contributed by atoms with Crippen LogP contribution in [0.5, 0.6) is 0 Å². The van der Waals surface area contributed by atoms with Crippen molar-refractivity contribution in [1.82, 2.24) is 15.5 Å². The summed E-state index contributed by atoms with van der Waals surface area (Å²) in [6.45, 7) is 4.45. The number of fused-ring (bicyclic) bond motifs is 1. The van der Waals surface area contributed by atoms with Gasteiger partial charge in [-0.05, 0) is 26.3 Å². The van der Waals surface area contributed by atoms with E-state index in [0.717, 1.165) is 22.3 Å². The van der Waals surface area contributed by atoms with Gasteiger partial charge in [-0.1, -0.05) is 18.2 Å². The van der Waals surface area contributed by atoms with Crippen molar-refractivity contribution in [3.63, 3.8) is 0 Å². The second-order valence-electron chi connectivity index (χ2n) is 6.44. The minimum Gasteiger partial charge on any atom is -0.459 e. The van der Waals surface area contributed by atoms with Gasteiger partial charge >= 0.3 is 6.03 Å². The quantitative estimate of drug-likeness (QED) is 0.909. The number of piperidine rings is 1. The van der Waals surface area contributed by atoms with Gasteiger partial charge < -0.3 is 20.0 Å². The molecule has 1 saturated heterocycles. The standard InChI is InChI=1S/C18H23N3O3/c1-11-14-6-4-5-7-15(14)24-17(11)12(2)19-18(23)20-13-8-9-16(22)21(3)10-13/h4-7,12-13H,8-10H2,1-3H3,(H2,19,20,23)/t12-,13?/m1/s1. The maximum atomic E-state index is 12.2. The number of para-hydroxylation sites is 1. The Labute approximate surface area is 141 Å². The van der Waals surface area contributed by atoms with E-state index in [4.69, 9.17) is 4.42 Å². The molecule has 0 spiro atoms. The number of hydrogen-bond acceptors (Lipinski definition) is 3. The average Bonchev–Trinajstić information content (AvgIpc) is 2.88. The van der Waals surface area contributed by atoms with E-state index in [-0.39, 0.29) is 24.0 Å². The second-order valence-corrected chi connectivity index (χ2v) is 6.44. The number of urea groups is 1. The van der Waals surface area contributed by atoms with Crippen LogP contribution in [0.2, 0.25) is 0 Å². The Morgan fingerprint density at radius 1 is 1.38 bits per heavy atom. The lowest BCUT2D eigenvalue weighted by Crippen LogP contribution is -2.51. The topological polar surface area (TPSA) is 74.6 Å². The smallest absolute Gasteiger partial charge is 0.315 e. The Morgan fingerprint density at radius 2 is 2.12 bits per heavy atom. The summed E-state index contributed by atoms with van der Waals surface area (Å²) in [6, 6.07) is 7.35. The molecular weight excluding hydrogens is 306 g/mol. The van der Waals surface area contributed by atoms with Crippen LogP contribution < -0.4 is 10.6 Å². The number of likely N-dealkylation sites (tertiary alicyclic amines) is 1. The number of benzene rings is 1. The van der Waals surface area contributed by atoms with Crippen LogP contribution in [0, 0.1) is 6.92 Å². The number of carbonyl (C=O) groups excluding carboxylic acids is 2. The summed E-state index contributed by atoms with van der Waals surface area (Å²) >= 11 is 0. The molecule has 128 valence electrons. The average molecular weight is 329 g/mol. The summed E-state index contributed by atoms with van der Waals surface area (Å²) in [6.07, 6.45) is 1.15. The van der Waals surface area contributed by atoms with E-state index in [2.05, 4.69) is 10.6 Å². The van der Waals surface area contributed by atoms with E-state index < -0.39 is 0 Å². The number of amides is 3. The molecule has 0 bridgehead atoms. The molecule has 6 nitrogen and oxygen atoms in total. The van der Waals surface area contributed by atoms with Crippen LogP contribution >= 0.6 is 0 Å². The fourth-order valence-electron chi connectivity index (χ4n) is 3.23. The van der Waals surface area contributed by atoms with Gasteiger partial charge in [-0.25, -0.2) is 4.79 Å². The zero-order valence-corrected chi connectivity index (χ0v) is 14.3. The Kier molecular flexibility index (Phi) is 4.46. The lowest BCUT2D eigenvalue weighted by Gasteiger charge is -2.30. The minimum absolute atomic E-state index is 0.0170. The Bertz CT molecular complexity index is 768. The molecule has 0 saturated carbocycles. The number of furan rings is 1.